The van der Waals surface area contributed by atoms with E-state index in [1.807, 2.05) is 11.8 Å². The van der Waals surface area contributed by atoms with Gasteiger partial charge in [0.15, 0.2) is 0 Å². The van der Waals surface area contributed by atoms with E-state index >= 15 is 0 Å². The highest BCUT2D eigenvalue weighted by molar-refractivity contribution is 7.98. The molecule has 1 aromatic rings. The second-order valence-corrected chi connectivity index (χ2v) is 8.92. The number of likely N-dealkylation sites (tertiary alicyclic amines) is 1. The summed E-state index contributed by atoms with van der Waals surface area (Å²) in [6.45, 7) is 12.4. The number of hydrogen-bond acceptors (Lipinski definition) is 3. The van der Waals surface area contributed by atoms with Gasteiger partial charge in [-0.25, -0.2) is 0 Å². The summed E-state index contributed by atoms with van der Waals surface area (Å²) in [5.41, 5.74) is 3.16. The van der Waals surface area contributed by atoms with Crippen LogP contribution in [-0.2, 0) is 0 Å². The predicted octanol–water partition coefficient (Wildman–Crippen LogP) is 6.26. The smallest absolute Gasteiger partial charge is 0.124 e. The van der Waals surface area contributed by atoms with Crippen LogP contribution in [0.25, 0.3) is 0 Å². The molecule has 0 unspecified atom stereocenters. The van der Waals surface area contributed by atoms with E-state index in [-0.39, 0.29) is 6.10 Å². The standard InChI is InChI=1S/C22H37NOS/c1-8-12-22(13-9-14-23(22)6)15-18(5)20-19(24-16(2)3)11-10-17(4)21(20)25-7/h10-11,16,18H,8-9,12-15H2,1-7H3/t18-,22-/m1/s1. The predicted molar refractivity (Wildman–Crippen MR) is 111 cm³/mol. The zero-order valence-electron chi connectivity index (χ0n) is 17.3. The van der Waals surface area contributed by atoms with E-state index in [2.05, 4.69) is 65.0 Å². The molecule has 0 aliphatic carbocycles. The topological polar surface area (TPSA) is 12.5 Å². The summed E-state index contributed by atoms with van der Waals surface area (Å²) < 4.78 is 6.22. The van der Waals surface area contributed by atoms with Gasteiger partial charge in [0, 0.05) is 16.0 Å². The van der Waals surface area contributed by atoms with Gasteiger partial charge in [0.25, 0.3) is 0 Å². The lowest BCUT2D eigenvalue weighted by atomic mass is 9.79. The van der Waals surface area contributed by atoms with E-state index in [0.717, 1.165) is 5.75 Å². The third-order valence-electron chi connectivity index (χ3n) is 5.76. The van der Waals surface area contributed by atoms with Gasteiger partial charge in [-0.15, -0.1) is 11.8 Å². The first kappa shape index (κ1) is 20.6. The number of thioether (sulfide) groups is 1. The van der Waals surface area contributed by atoms with Gasteiger partial charge >= 0.3 is 0 Å². The Labute approximate surface area is 159 Å². The molecule has 2 nitrogen and oxygen atoms in total. The molecule has 142 valence electrons. The zero-order chi connectivity index (χ0) is 18.6. The summed E-state index contributed by atoms with van der Waals surface area (Å²) in [4.78, 5) is 4.04. The third-order valence-corrected chi connectivity index (χ3v) is 6.71. The monoisotopic (exact) mass is 363 g/mol. The molecule has 1 heterocycles. The van der Waals surface area contributed by atoms with Crippen molar-refractivity contribution in [2.45, 2.75) is 89.2 Å². The van der Waals surface area contributed by atoms with Crippen LogP contribution in [0.15, 0.2) is 17.0 Å². The Morgan fingerprint density at radius 2 is 2.00 bits per heavy atom. The lowest BCUT2D eigenvalue weighted by molar-refractivity contribution is 0.137. The van der Waals surface area contributed by atoms with E-state index in [1.54, 1.807) is 0 Å². The molecular formula is C22H37NOS. The molecule has 1 aliphatic heterocycles. The number of benzene rings is 1. The lowest BCUT2D eigenvalue weighted by Crippen LogP contribution is -2.42. The molecule has 0 aromatic heterocycles. The fourth-order valence-corrected chi connectivity index (χ4v) is 5.58. The number of nitrogens with zero attached hydrogens (tertiary/aromatic N) is 1. The quantitative estimate of drug-likeness (QED) is 0.506. The Morgan fingerprint density at radius 3 is 2.52 bits per heavy atom. The van der Waals surface area contributed by atoms with E-state index in [0.29, 0.717) is 11.5 Å². The molecule has 1 fully saturated rings. The second kappa shape index (κ2) is 8.81. The molecule has 1 aromatic carbocycles. The molecule has 2 rings (SSSR count). The van der Waals surface area contributed by atoms with Crippen LogP contribution in [0.2, 0.25) is 0 Å². The van der Waals surface area contributed by atoms with E-state index < -0.39 is 0 Å². The van der Waals surface area contributed by atoms with Crippen LogP contribution in [-0.4, -0.2) is 36.4 Å². The largest absolute Gasteiger partial charge is 0.491 e. The molecule has 0 bridgehead atoms. The van der Waals surface area contributed by atoms with Gasteiger partial charge in [-0.3, -0.25) is 0 Å². The molecule has 1 aliphatic rings. The van der Waals surface area contributed by atoms with Gasteiger partial charge in [-0.2, -0.15) is 0 Å². The highest BCUT2D eigenvalue weighted by Crippen LogP contribution is 2.45. The van der Waals surface area contributed by atoms with Crippen molar-refractivity contribution in [2.75, 3.05) is 19.8 Å². The van der Waals surface area contributed by atoms with Crippen molar-refractivity contribution >= 4 is 11.8 Å². The summed E-state index contributed by atoms with van der Waals surface area (Å²) in [5.74, 6) is 1.59. The Balaban J connectivity index is 2.39. The fraction of sp³-hybridized carbons (Fsp3) is 0.727. The van der Waals surface area contributed by atoms with Crippen LogP contribution in [0.3, 0.4) is 0 Å². The van der Waals surface area contributed by atoms with Gasteiger partial charge in [0.05, 0.1) is 6.10 Å². The normalized spacial score (nSPS) is 22.6. The van der Waals surface area contributed by atoms with Gasteiger partial charge in [0.1, 0.15) is 5.75 Å². The molecule has 3 heteroatoms. The molecular weight excluding hydrogens is 326 g/mol. The average molecular weight is 364 g/mol. The summed E-state index contributed by atoms with van der Waals surface area (Å²) in [7, 11) is 2.33. The highest BCUT2D eigenvalue weighted by atomic mass is 32.2. The van der Waals surface area contributed by atoms with Crippen LogP contribution in [0.5, 0.6) is 5.75 Å². The van der Waals surface area contributed by atoms with Crippen LogP contribution < -0.4 is 4.74 Å². The van der Waals surface area contributed by atoms with Crippen LogP contribution in [0, 0.1) is 6.92 Å². The Hall–Kier alpha value is -0.670. The number of rotatable bonds is 8. The first-order valence-corrected chi connectivity index (χ1v) is 11.1. The molecule has 2 atom stereocenters. The third kappa shape index (κ3) is 4.54. The Bertz CT molecular complexity index is 571. The average Bonchev–Trinajstić information content (AvgIpc) is 2.89. The van der Waals surface area contributed by atoms with Crippen molar-refractivity contribution in [1.29, 1.82) is 0 Å². The summed E-state index contributed by atoms with van der Waals surface area (Å²) >= 11 is 1.87. The maximum atomic E-state index is 6.22. The minimum atomic E-state index is 0.210. The van der Waals surface area contributed by atoms with Gasteiger partial charge in [0.2, 0.25) is 0 Å². The Morgan fingerprint density at radius 1 is 1.28 bits per heavy atom. The van der Waals surface area contributed by atoms with Gasteiger partial charge in [-0.1, -0.05) is 26.3 Å². The molecule has 25 heavy (non-hydrogen) atoms. The van der Waals surface area contributed by atoms with E-state index in [9.17, 15) is 0 Å². The summed E-state index contributed by atoms with van der Waals surface area (Å²) in [6.07, 6.45) is 8.86. The summed E-state index contributed by atoms with van der Waals surface area (Å²) in [5, 5.41) is 0. The Kier molecular flexibility index (Phi) is 7.28. The summed E-state index contributed by atoms with van der Waals surface area (Å²) in [6, 6.07) is 4.40. The zero-order valence-corrected chi connectivity index (χ0v) is 18.1. The van der Waals surface area contributed by atoms with Crippen LogP contribution in [0.4, 0.5) is 0 Å². The van der Waals surface area contributed by atoms with E-state index in [4.69, 9.17) is 4.74 Å². The molecule has 0 radical (unpaired) electrons. The van der Waals surface area contributed by atoms with Crippen molar-refractivity contribution in [2.24, 2.45) is 0 Å². The highest BCUT2D eigenvalue weighted by Gasteiger charge is 2.39. The maximum absolute atomic E-state index is 6.22. The minimum absolute atomic E-state index is 0.210. The molecule has 0 amide bonds. The van der Waals surface area contributed by atoms with Crippen molar-refractivity contribution in [1.82, 2.24) is 4.90 Å². The van der Waals surface area contributed by atoms with Gasteiger partial charge in [-0.05, 0) is 83.9 Å². The molecule has 1 saturated heterocycles. The second-order valence-electron chi connectivity index (χ2n) is 8.10. The lowest BCUT2D eigenvalue weighted by Gasteiger charge is -2.39. The maximum Gasteiger partial charge on any atom is 0.124 e. The van der Waals surface area contributed by atoms with Crippen LogP contribution >= 0.6 is 11.8 Å². The number of hydrogen-bond donors (Lipinski definition) is 0. The first-order valence-electron chi connectivity index (χ1n) is 9.90. The van der Waals surface area contributed by atoms with Gasteiger partial charge < -0.3 is 9.64 Å². The SMILES string of the molecule is CCC[C@]1(C[C@@H](C)c2c(OC(C)C)ccc(C)c2SC)CCCN1C. The minimum Gasteiger partial charge on any atom is -0.491 e. The van der Waals surface area contributed by atoms with Crippen molar-refractivity contribution in [3.63, 3.8) is 0 Å². The number of ether oxygens (including phenoxy) is 1. The molecule has 0 saturated carbocycles. The van der Waals surface area contributed by atoms with Crippen LogP contribution in [0.1, 0.15) is 76.8 Å². The van der Waals surface area contributed by atoms with Crippen molar-refractivity contribution < 1.29 is 4.74 Å². The molecule has 0 N–H and O–H groups in total. The molecule has 0 spiro atoms. The van der Waals surface area contributed by atoms with Crippen molar-refractivity contribution in [3.8, 4) is 5.75 Å². The number of aryl methyl sites for hydroxylation is 1. The fourth-order valence-electron chi connectivity index (χ4n) is 4.67. The van der Waals surface area contributed by atoms with Crippen molar-refractivity contribution in [3.05, 3.63) is 23.3 Å². The first-order chi connectivity index (χ1) is 11.8. The van der Waals surface area contributed by atoms with E-state index in [1.165, 1.54) is 54.7 Å².